The number of fused-ring (bicyclic) bond motifs is 1. The van der Waals surface area contributed by atoms with Crippen molar-refractivity contribution in [1.82, 2.24) is 10.2 Å². The van der Waals surface area contributed by atoms with Crippen molar-refractivity contribution in [3.05, 3.63) is 63.7 Å². The number of nitrogens with zero attached hydrogens (tertiary/aromatic N) is 1. The van der Waals surface area contributed by atoms with Crippen LogP contribution in [0.15, 0.2) is 45.8 Å². The number of rotatable bonds is 6. The zero-order valence-electron chi connectivity index (χ0n) is 19.1. The van der Waals surface area contributed by atoms with Crippen molar-refractivity contribution in [1.29, 1.82) is 0 Å². The Balaban J connectivity index is 1.23. The van der Waals surface area contributed by atoms with Crippen LogP contribution in [0.3, 0.4) is 0 Å². The Bertz CT molecular complexity index is 985. The average Bonchev–Trinajstić information content (AvgIpc) is 3.31. The Morgan fingerprint density at radius 3 is 2.56 bits per heavy atom. The van der Waals surface area contributed by atoms with E-state index in [9.17, 15) is 9.59 Å². The number of amides is 1. The van der Waals surface area contributed by atoms with Crippen molar-refractivity contribution < 1.29 is 18.7 Å². The number of alkyl carbamates (subject to hydrolysis) is 1. The molecule has 1 aromatic carbocycles. The van der Waals surface area contributed by atoms with Gasteiger partial charge in [0.2, 0.25) is 11.2 Å². The molecule has 0 bridgehead atoms. The first-order valence-corrected chi connectivity index (χ1v) is 11.3. The third-order valence-electron chi connectivity index (χ3n) is 5.87. The van der Waals surface area contributed by atoms with Gasteiger partial charge in [0.05, 0.1) is 13.2 Å². The summed E-state index contributed by atoms with van der Waals surface area (Å²) >= 11 is 0. The molecule has 2 atom stereocenters. The van der Waals surface area contributed by atoms with E-state index >= 15 is 0 Å². The van der Waals surface area contributed by atoms with Crippen molar-refractivity contribution in [2.75, 3.05) is 6.61 Å². The maximum Gasteiger partial charge on any atom is 0.407 e. The summed E-state index contributed by atoms with van der Waals surface area (Å²) in [6, 6.07) is 9.98. The zero-order valence-corrected chi connectivity index (χ0v) is 19.1. The van der Waals surface area contributed by atoms with Crippen molar-refractivity contribution in [3.8, 4) is 5.75 Å². The van der Waals surface area contributed by atoms with E-state index < -0.39 is 5.60 Å². The molecular weight excluding hydrogens is 408 g/mol. The van der Waals surface area contributed by atoms with Crippen molar-refractivity contribution in [2.45, 2.75) is 71.3 Å². The molecule has 1 amide bonds. The fourth-order valence-corrected chi connectivity index (χ4v) is 4.40. The highest BCUT2D eigenvalue weighted by molar-refractivity contribution is 5.68. The van der Waals surface area contributed by atoms with Crippen LogP contribution in [0.1, 0.15) is 56.9 Å². The second-order valence-electron chi connectivity index (χ2n) is 9.82. The Hall–Kier alpha value is -2.80. The number of nitrogens with one attached hydrogen (secondary N) is 1. The summed E-state index contributed by atoms with van der Waals surface area (Å²) in [5, 5.41) is 2.92. The van der Waals surface area contributed by atoms with Crippen molar-refractivity contribution >= 4 is 6.09 Å². The summed E-state index contributed by atoms with van der Waals surface area (Å²) in [6.45, 7) is 8.27. The number of hydrogen-bond acceptors (Lipinski definition) is 6. The average molecular weight is 441 g/mol. The second kappa shape index (κ2) is 9.36. The molecule has 1 unspecified atom stereocenters. The smallest absolute Gasteiger partial charge is 0.407 e. The zero-order chi connectivity index (χ0) is 22.7. The van der Waals surface area contributed by atoms with Gasteiger partial charge in [-0.2, -0.15) is 0 Å². The molecule has 7 nitrogen and oxygen atoms in total. The summed E-state index contributed by atoms with van der Waals surface area (Å²) in [6.07, 6.45) is 3.64. The van der Waals surface area contributed by atoms with Gasteiger partial charge in [0.25, 0.3) is 0 Å². The van der Waals surface area contributed by atoms with Crippen LogP contribution in [-0.2, 0) is 24.4 Å². The van der Waals surface area contributed by atoms with Crippen LogP contribution in [0.2, 0.25) is 0 Å². The molecule has 0 radical (unpaired) electrons. The quantitative estimate of drug-likeness (QED) is 0.724. The van der Waals surface area contributed by atoms with Crippen LogP contribution in [0.5, 0.6) is 5.75 Å². The third-order valence-corrected chi connectivity index (χ3v) is 5.87. The Kier molecular flexibility index (Phi) is 6.55. The van der Waals surface area contributed by atoms with Crippen LogP contribution in [0.25, 0.3) is 0 Å². The molecule has 1 saturated carbocycles. The Morgan fingerprint density at radius 1 is 1.19 bits per heavy atom. The predicted molar refractivity (Wildman–Crippen MR) is 120 cm³/mol. The lowest BCUT2D eigenvalue weighted by Gasteiger charge is -2.21. The fraction of sp³-hybridized carbons (Fsp3) is 0.520. The summed E-state index contributed by atoms with van der Waals surface area (Å²) in [4.78, 5) is 26.7. The van der Waals surface area contributed by atoms with Gasteiger partial charge in [0.1, 0.15) is 17.6 Å². The molecule has 7 heteroatoms. The summed E-state index contributed by atoms with van der Waals surface area (Å²) in [5.74, 6) is 1.15. The lowest BCUT2D eigenvalue weighted by atomic mass is 10.1. The van der Waals surface area contributed by atoms with Crippen molar-refractivity contribution in [2.24, 2.45) is 5.92 Å². The summed E-state index contributed by atoms with van der Waals surface area (Å²) in [5.41, 5.74) is 1.98. The first-order valence-electron chi connectivity index (χ1n) is 11.3. The van der Waals surface area contributed by atoms with E-state index in [1.165, 1.54) is 23.5 Å². The molecule has 1 aromatic heterocycles. The fourth-order valence-electron chi connectivity index (χ4n) is 4.40. The van der Waals surface area contributed by atoms with Gasteiger partial charge in [0.15, 0.2) is 0 Å². The molecule has 32 heavy (non-hydrogen) atoms. The molecule has 0 spiro atoms. The third kappa shape index (κ3) is 5.91. The second-order valence-corrected chi connectivity index (χ2v) is 9.82. The van der Waals surface area contributed by atoms with E-state index in [4.69, 9.17) is 13.9 Å². The highest BCUT2D eigenvalue weighted by atomic mass is 16.6. The minimum Gasteiger partial charge on any atom is -0.486 e. The van der Waals surface area contributed by atoms with E-state index in [0.29, 0.717) is 18.9 Å². The molecule has 1 aliphatic heterocycles. The molecule has 1 aliphatic carbocycles. The number of ether oxygens (including phenoxy) is 2. The van der Waals surface area contributed by atoms with Crippen LogP contribution in [0.4, 0.5) is 4.79 Å². The monoisotopic (exact) mass is 440 g/mol. The standard InChI is InChI=1S/C25H32N2O5/c1-25(2,3)32-24(29)26-20-9-8-17(10-20)15-31-23-16-30-21(11-22(23)28)14-27-12-18-6-4-5-7-19(18)13-27/h4-7,11,16-17,20H,8-10,12-15H2,1-3H3,(H,26,29)/t17?,20-/m1/s1. The maximum atomic E-state index is 12.5. The Morgan fingerprint density at radius 2 is 1.91 bits per heavy atom. The molecule has 1 fully saturated rings. The highest BCUT2D eigenvalue weighted by Gasteiger charge is 2.28. The normalized spacial score (nSPS) is 20.7. The minimum atomic E-state index is -0.510. The van der Waals surface area contributed by atoms with Gasteiger partial charge in [-0.3, -0.25) is 9.69 Å². The molecule has 172 valence electrons. The topological polar surface area (TPSA) is 81.0 Å². The number of hydrogen-bond donors (Lipinski definition) is 1. The van der Waals surface area contributed by atoms with Gasteiger partial charge in [-0.25, -0.2) is 4.79 Å². The summed E-state index contributed by atoms with van der Waals surface area (Å²) in [7, 11) is 0. The number of benzene rings is 1. The lowest BCUT2D eigenvalue weighted by Crippen LogP contribution is -2.38. The minimum absolute atomic E-state index is 0.0711. The molecule has 1 N–H and O–H groups in total. The Labute approximate surface area is 188 Å². The highest BCUT2D eigenvalue weighted by Crippen LogP contribution is 2.27. The number of carbonyl (C=O) groups is 1. The van der Waals surface area contributed by atoms with Crippen LogP contribution < -0.4 is 15.5 Å². The molecule has 4 rings (SSSR count). The van der Waals surface area contributed by atoms with Gasteiger partial charge in [-0.05, 0) is 57.1 Å². The largest absolute Gasteiger partial charge is 0.486 e. The van der Waals surface area contributed by atoms with Gasteiger partial charge in [-0.1, -0.05) is 24.3 Å². The predicted octanol–water partition coefficient (Wildman–Crippen LogP) is 4.23. The summed E-state index contributed by atoms with van der Waals surface area (Å²) < 4.78 is 16.8. The molecule has 2 aromatic rings. The SMILES string of the molecule is CC(C)(C)OC(=O)N[C@@H]1CCC(COc2coc(CN3Cc4ccccc4C3)cc2=O)C1. The van der Waals surface area contributed by atoms with Gasteiger partial charge >= 0.3 is 6.09 Å². The van der Waals surface area contributed by atoms with Gasteiger partial charge in [0, 0.05) is 25.2 Å². The van der Waals surface area contributed by atoms with E-state index in [1.54, 1.807) is 0 Å². The molecular formula is C25H32N2O5. The van der Waals surface area contributed by atoms with Gasteiger partial charge < -0.3 is 19.2 Å². The van der Waals surface area contributed by atoms with Gasteiger partial charge in [-0.15, -0.1) is 0 Å². The molecule has 2 aliphatic rings. The van der Waals surface area contributed by atoms with Crippen molar-refractivity contribution in [3.63, 3.8) is 0 Å². The van der Waals surface area contributed by atoms with Crippen LogP contribution in [0, 0.1) is 5.92 Å². The van der Waals surface area contributed by atoms with E-state index in [-0.39, 0.29) is 29.2 Å². The maximum absolute atomic E-state index is 12.5. The van der Waals surface area contributed by atoms with Crippen LogP contribution >= 0.6 is 0 Å². The number of carbonyl (C=O) groups excluding carboxylic acids is 1. The van der Waals surface area contributed by atoms with E-state index in [2.05, 4.69) is 34.5 Å². The van der Waals surface area contributed by atoms with E-state index in [0.717, 1.165) is 32.4 Å². The van der Waals surface area contributed by atoms with E-state index in [1.807, 2.05) is 20.8 Å². The molecule has 2 heterocycles. The lowest BCUT2D eigenvalue weighted by molar-refractivity contribution is 0.0504. The van der Waals surface area contributed by atoms with Crippen LogP contribution in [-0.4, -0.2) is 29.2 Å². The first kappa shape index (κ1) is 22.4. The first-order chi connectivity index (χ1) is 15.2. The molecule has 0 saturated heterocycles.